The third-order valence-corrected chi connectivity index (χ3v) is 5.42. The van der Waals surface area contributed by atoms with Gasteiger partial charge in [-0.3, -0.25) is 19.9 Å². The van der Waals surface area contributed by atoms with Gasteiger partial charge in [0.15, 0.2) is 5.11 Å². The van der Waals surface area contributed by atoms with Gasteiger partial charge in [0.05, 0.1) is 5.92 Å². The quantitative estimate of drug-likeness (QED) is 0.482. The topological polar surface area (TPSA) is 64.7 Å². The van der Waals surface area contributed by atoms with E-state index in [1.165, 1.54) is 32.1 Å². The molecule has 0 bridgehead atoms. The van der Waals surface area contributed by atoms with Gasteiger partial charge in [-0.1, -0.05) is 39.0 Å². The fourth-order valence-corrected chi connectivity index (χ4v) is 3.97. The highest BCUT2D eigenvalue weighted by atomic mass is 32.1. The van der Waals surface area contributed by atoms with Crippen LogP contribution in [-0.4, -0.2) is 52.1 Å². The summed E-state index contributed by atoms with van der Waals surface area (Å²) in [4.78, 5) is 24.4. The van der Waals surface area contributed by atoms with E-state index >= 15 is 0 Å². The smallest absolute Gasteiger partial charge is 0.253 e. The molecule has 0 aromatic carbocycles. The molecule has 2 aliphatic heterocycles. The maximum atomic E-state index is 12.4. The molecule has 2 heterocycles. The Morgan fingerprint density at radius 2 is 1.96 bits per heavy atom. The van der Waals surface area contributed by atoms with Gasteiger partial charge in [0.2, 0.25) is 5.91 Å². The molecule has 2 saturated heterocycles. The zero-order chi connectivity index (χ0) is 18.4. The lowest BCUT2D eigenvalue weighted by molar-refractivity contribution is -0.130. The maximum absolute atomic E-state index is 12.4. The number of unbranched alkanes of at least 4 members (excludes halogenated alkanes) is 5. The van der Waals surface area contributed by atoms with Crippen LogP contribution in [0.4, 0.5) is 0 Å². The van der Waals surface area contributed by atoms with Crippen LogP contribution in [0.5, 0.6) is 0 Å². The second-order valence-corrected chi connectivity index (χ2v) is 7.97. The minimum atomic E-state index is -0.694. The van der Waals surface area contributed by atoms with Gasteiger partial charge in [-0.05, 0) is 38.9 Å². The lowest BCUT2D eigenvalue weighted by atomic mass is 10.1. The molecule has 25 heavy (non-hydrogen) atoms. The van der Waals surface area contributed by atoms with Gasteiger partial charge < -0.3 is 5.32 Å². The van der Waals surface area contributed by atoms with Gasteiger partial charge in [-0.25, -0.2) is 5.01 Å². The second kappa shape index (κ2) is 8.94. The Kier molecular flexibility index (Phi) is 7.19. The van der Waals surface area contributed by atoms with Gasteiger partial charge in [-0.2, -0.15) is 0 Å². The fraction of sp³-hybridized carbons (Fsp3) is 0.833. The molecule has 0 radical (unpaired) electrons. The van der Waals surface area contributed by atoms with Crippen molar-refractivity contribution in [2.45, 2.75) is 71.3 Å². The summed E-state index contributed by atoms with van der Waals surface area (Å²) in [5.41, 5.74) is -0.694. The molecule has 0 spiro atoms. The highest BCUT2D eigenvalue weighted by Gasteiger charge is 2.48. The minimum absolute atomic E-state index is 0.0330. The van der Waals surface area contributed by atoms with Crippen LogP contribution in [0.2, 0.25) is 0 Å². The second-order valence-electron chi connectivity index (χ2n) is 7.59. The lowest BCUT2D eigenvalue weighted by Crippen LogP contribution is -2.53. The molecule has 6 nitrogen and oxygen atoms in total. The van der Waals surface area contributed by atoms with E-state index in [1.807, 2.05) is 23.9 Å². The molecule has 2 rings (SSSR count). The van der Waals surface area contributed by atoms with Crippen molar-refractivity contribution in [3.8, 4) is 0 Å². The van der Waals surface area contributed by atoms with Crippen molar-refractivity contribution in [3.63, 3.8) is 0 Å². The molecule has 0 aromatic heterocycles. The van der Waals surface area contributed by atoms with Crippen molar-refractivity contribution < 1.29 is 9.59 Å². The molecule has 0 aliphatic carbocycles. The molecule has 1 atom stereocenters. The van der Waals surface area contributed by atoms with E-state index in [0.29, 0.717) is 11.7 Å². The van der Waals surface area contributed by atoms with Crippen LogP contribution in [0.1, 0.15) is 65.7 Å². The molecular weight excluding hydrogens is 336 g/mol. The van der Waals surface area contributed by atoms with Crippen LogP contribution < -0.4 is 10.6 Å². The maximum Gasteiger partial charge on any atom is 0.253 e. The number of nitrogens with one attached hydrogen (secondary N) is 2. The van der Waals surface area contributed by atoms with Crippen molar-refractivity contribution in [2.75, 3.05) is 19.6 Å². The first-order valence-electron chi connectivity index (χ1n) is 9.56. The molecule has 2 N–H and O–H groups in total. The van der Waals surface area contributed by atoms with Gasteiger partial charge in [0, 0.05) is 19.6 Å². The molecule has 0 aromatic rings. The van der Waals surface area contributed by atoms with Crippen molar-refractivity contribution in [2.24, 2.45) is 5.92 Å². The number of hydrazine groups is 1. The summed E-state index contributed by atoms with van der Waals surface area (Å²) in [5.74, 6) is 0.00105. The van der Waals surface area contributed by atoms with Crippen LogP contribution in [0.15, 0.2) is 0 Å². The SMILES string of the molecule is CCCCCCCCNC(=O)C1CCN(N2C(=S)NC(=O)C2(C)C)C1. The van der Waals surface area contributed by atoms with Crippen molar-refractivity contribution in [1.29, 1.82) is 0 Å². The molecular formula is C18H32N4O2S. The Hall–Kier alpha value is -1.21. The third kappa shape index (κ3) is 4.91. The summed E-state index contributed by atoms with van der Waals surface area (Å²) in [5, 5.41) is 10.1. The first kappa shape index (κ1) is 20.1. The Balaban J connectivity index is 1.72. The monoisotopic (exact) mass is 368 g/mol. The average Bonchev–Trinajstić information content (AvgIpc) is 3.09. The highest BCUT2D eigenvalue weighted by molar-refractivity contribution is 7.80. The minimum Gasteiger partial charge on any atom is -0.356 e. The lowest BCUT2D eigenvalue weighted by Gasteiger charge is -2.37. The van der Waals surface area contributed by atoms with E-state index in [1.54, 1.807) is 0 Å². The number of amides is 2. The van der Waals surface area contributed by atoms with E-state index in [2.05, 4.69) is 17.6 Å². The zero-order valence-electron chi connectivity index (χ0n) is 15.8. The molecule has 142 valence electrons. The Labute approximate surface area is 156 Å². The standard InChI is InChI=1S/C18H32N4O2S/c1-4-5-6-7-8-9-11-19-15(23)14-10-12-21(13-14)22-17(25)20-16(24)18(22,2)3/h14H,4-13H2,1-3H3,(H,19,23)(H,20,24,25). The summed E-state index contributed by atoms with van der Waals surface area (Å²) in [6, 6.07) is 0. The number of carbonyl (C=O) groups is 2. The summed E-state index contributed by atoms with van der Waals surface area (Å²) in [7, 11) is 0. The summed E-state index contributed by atoms with van der Waals surface area (Å²) in [6.07, 6.45) is 8.13. The van der Waals surface area contributed by atoms with E-state index in [4.69, 9.17) is 12.2 Å². The number of hydrogen-bond donors (Lipinski definition) is 2. The average molecular weight is 369 g/mol. The molecule has 0 saturated carbocycles. The number of rotatable bonds is 9. The predicted molar refractivity (Wildman–Crippen MR) is 103 cm³/mol. The van der Waals surface area contributed by atoms with Crippen LogP contribution >= 0.6 is 12.2 Å². The van der Waals surface area contributed by atoms with Crippen molar-refractivity contribution >= 4 is 29.1 Å². The van der Waals surface area contributed by atoms with Gasteiger partial charge >= 0.3 is 0 Å². The molecule has 2 fully saturated rings. The summed E-state index contributed by atoms with van der Waals surface area (Å²) in [6.45, 7) is 8.04. The Morgan fingerprint density at radius 1 is 1.28 bits per heavy atom. The van der Waals surface area contributed by atoms with Gasteiger partial charge in [0.1, 0.15) is 5.54 Å². The predicted octanol–water partition coefficient (Wildman–Crippen LogP) is 2.20. The normalized spacial score (nSPS) is 23.2. The number of nitrogens with zero attached hydrogens (tertiary/aromatic N) is 2. The molecule has 7 heteroatoms. The first-order chi connectivity index (χ1) is 11.9. The highest BCUT2D eigenvalue weighted by Crippen LogP contribution is 2.28. The Morgan fingerprint density at radius 3 is 2.60 bits per heavy atom. The van der Waals surface area contributed by atoms with E-state index in [9.17, 15) is 9.59 Å². The summed E-state index contributed by atoms with van der Waals surface area (Å²) < 4.78 is 0. The molecule has 2 amide bonds. The summed E-state index contributed by atoms with van der Waals surface area (Å²) >= 11 is 5.29. The zero-order valence-corrected chi connectivity index (χ0v) is 16.6. The van der Waals surface area contributed by atoms with Gasteiger partial charge in [0.25, 0.3) is 5.91 Å². The molecule has 1 unspecified atom stereocenters. The van der Waals surface area contributed by atoms with Crippen molar-refractivity contribution in [1.82, 2.24) is 20.7 Å². The van der Waals surface area contributed by atoms with Crippen LogP contribution in [-0.2, 0) is 9.59 Å². The molecule has 2 aliphatic rings. The van der Waals surface area contributed by atoms with E-state index in [-0.39, 0.29) is 17.7 Å². The fourth-order valence-electron chi connectivity index (χ4n) is 3.53. The van der Waals surface area contributed by atoms with Crippen molar-refractivity contribution in [3.05, 3.63) is 0 Å². The third-order valence-electron chi connectivity index (χ3n) is 5.15. The number of carbonyl (C=O) groups excluding carboxylic acids is 2. The van der Waals surface area contributed by atoms with E-state index < -0.39 is 5.54 Å². The van der Waals surface area contributed by atoms with Crippen LogP contribution in [0.25, 0.3) is 0 Å². The van der Waals surface area contributed by atoms with Crippen LogP contribution in [0, 0.1) is 5.92 Å². The van der Waals surface area contributed by atoms with E-state index in [0.717, 1.165) is 25.9 Å². The van der Waals surface area contributed by atoms with Crippen LogP contribution in [0.3, 0.4) is 0 Å². The number of thiocarbonyl (C=S) groups is 1. The Bertz CT molecular complexity index is 509. The largest absolute Gasteiger partial charge is 0.356 e. The first-order valence-corrected chi connectivity index (χ1v) is 9.97. The van der Waals surface area contributed by atoms with Gasteiger partial charge in [-0.15, -0.1) is 0 Å². The number of hydrogen-bond acceptors (Lipinski definition) is 4.